The molecule has 1 aliphatic rings. The third-order valence-corrected chi connectivity index (χ3v) is 4.40. The van der Waals surface area contributed by atoms with E-state index in [1.807, 2.05) is 30.3 Å². The lowest BCUT2D eigenvalue weighted by Gasteiger charge is -2.17. The Morgan fingerprint density at radius 2 is 1.81 bits per heavy atom. The van der Waals surface area contributed by atoms with Gasteiger partial charge in [0.1, 0.15) is 17.2 Å². The molecule has 140 valence electrons. The molecule has 7 heteroatoms. The van der Waals surface area contributed by atoms with Crippen LogP contribution in [-0.2, 0) is 16.1 Å². The minimum absolute atomic E-state index is 0.242. The third-order valence-electron chi connectivity index (χ3n) is 4.12. The summed E-state index contributed by atoms with van der Waals surface area (Å²) in [5, 5.41) is 3.29. The van der Waals surface area contributed by atoms with Gasteiger partial charge < -0.3 is 19.5 Å². The van der Waals surface area contributed by atoms with Crippen LogP contribution in [0.3, 0.4) is 0 Å². The summed E-state index contributed by atoms with van der Waals surface area (Å²) >= 11 is 5.36. The number of nitrogens with one attached hydrogen (secondary N) is 1. The molecule has 0 aromatic heterocycles. The van der Waals surface area contributed by atoms with Gasteiger partial charge >= 0.3 is 0 Å². The van der Waals surface area contributed by atoms with E-state index in [-0.39, 0.29) is 5.91 Å². The first-order chi connectivity index (χ1) is 13.1. The van der Waals surface area contributed by atoms with Crippen LogP contribution in [0.25, 0.3) is 6.08 Å². The molecular formula is C20H20N2O4S. The van der Waals surface area contributed by atoms with Crippen LogP contribution in [0.5, 0.6) is 11.5 Å². The standard InChI is InChI=1S/C20H20N2O4S/c1-24-12-14-10-13(8-9-17(14)25-2)11-15-19(23)22(20(27)21-15)16-6-4-5-7-18(16)26-3/h4-11H,12H2,1-3H3,(H,21,27)/b15-11+. The summed E-state index contributed by atoms with van der Waals surface area (Å²) in [5.41, 5.74) is 2.72. The number of nitrogens with zero attached hydrogens (tertiary/aromatic N) is 1. The number of ether oxygens (including phenoxy) is 3. The molecule has 27 heavy (non-hydrogen) atoms. The first-order valence-electron chi connectivity index (χ1n) is 8.25. The van der Waals surface area contributed by atoms with Gasteiger partial charge in [-0.25, -0.2) is 4.90 Å². The maximum Gasteiger partial charge on any atom is 0.281 e. The molecule has 0 bridgehead atoms. The molecule has 3 rings (SSSR count). The fourth-order valence-corrected chi connectivity index (χ4v) is 3.18. The molecule has 2 aromatic carbocycles. The molecule has 0 aliphatic carbocycles. The van der Waals surface area contributed by atoms with Crippen LogP contribution in [-0.4, -0.2) is 32.3 Å². The number of carbonyl (C=O) groups excluding carboxylic acids is 1. The van der Waals surface area contributed by atoms with E-state index in [1.165, 1.54) is 4.90 Å². The summed E-state index contributed by atoms with van der Waals surface area (Å²) in [5.74, 6) is 1.06. The molecular weight excluding hydrogens is 364 g/mol. The number of rotatable bonds is 6. The Kier molecular flexibility index (Phi) is 5.73. The zero-order chi connectivity index (χ0) is 19.4. The van der Waals surface area contributed by atoms with Crippen molar-refractivity contribution < 1.29 is 19.0 Å². The first kappa shape index (κ1) is 18.9. The van der Waals surface area contributed by atoms with Crippen LogP contribution in [0, 0.1) is 0 Å². The summed E-state index contributed by atoms with van der Waals surface area (Å²) in [4.78, 5) is 14.4. The molecule has 0 unspecified atom stereocenters. The fourth-order valence-electron chi connectivity index (χ4n) is 2.89. The molecule has 0 saturated carbocycles. The van der Waals surface area contributed by atoms with Crippen molar-refractivity contribution in [2.24, 2.45) is 0 Å². The van der Waals surface area contributed by atoms with Crippen molar-refractivity contribution in [3.05, 3.63) is 59.3 Å². The highest BCUT2D eigenvalue weighted by molar-refractivity contribution is 7.80. The molecule has 1 fully saturated rings. The van der Waals surface area contributed by atoms with Gasteiger partial charge in [-0.3, -0.25) is 4.79 Å². The Labute approximate surface area is 163 Å². The Morgan fingerprint density at radius 3 is 2.52 bits per heavy atom. The number of carbonyl (C=O) groups is 1. The molecule has 1 aliphatic heterocycles. The van der Waals surface area contributed by atoms with Gasteiger partial charge in [-0.1, -0.05) is 18.2 Å². The second-order valence-corrected chi connectivity index (χ2v) is 6.19. The van der Waals surface area contributed by atoms with Crippen molar-refractivity contribution in [3.63, 3.8) is 0 Å². The van der Waals surface area contributed by atoms with E-state index in [1.54, 1.807) is 39.5 Å². The molecule has 1 N–H and O–H groups in total. The highest BCUT2D eigenvalue weighted by Gasteiger charge is 2.33. The third kappa shape index (κ3) is 3.79. The maximum absolute atomic E-state index is 12.9. The second-order valence-electron chi connectivity index (χ2n) is 5.80. The molecule has 1 saturated heterocycles. The SMILES string of the molecule is COCc1cc(/C=C2/NC(=S)N(c3ccccc3OC)C2=O)ccc1OC. The zero-order valence-electron chi connectivity index (χ0n) is 15.3. The lowest BCUT2D eigenvalue weighted by Crippen LogP contribution is -2.30. The second kappa shape index (κ2) is 8.20. The van der Waals surface area contributed by atoms with Gasteiger partial charge in [0.2, 0.25) is 0 Å². The maximum atomic E-state index is 12.9. The number of thiocarbonyl (C=S) groups is 1. The largest absolute Gasteiger partial charge is 0.496 e. The Bertz CT molecular complexity index is 911. The summed E-state index contributed by atoms with van der Waals surface area (Å²) < 4.78 is 15.9. The molecule has 0 radical (unpaired) electrons. The number of para-hydroxylation sites is 2. The first-order valence-corrected chi connectivity index (χ1v) is 8.66. The number of methoxy groups -OCH3 is 3. The van der Waals surface area contributed by atoms with Crippen molar-refractivity contribution in [3.8, 4) is 11.5 Å². The topological polar surface area (TPSA) is 60.0 Å². The van der Waals surface area contributed by atoms with Crippen LogP contribution >= 0.6 is 12.2 Å². The molecule has 1 heterocycles. The van der Waals surface area contributed by atoms with Gasteiger partial charge in [0.15, 0.2) is 5.11 Å². The summed E-state index contributed by atoms with van der Waals surface area (Å²) in [6, 6.07) is 12.9. The van der Waals surface area contributed by atoms with Crippen LogP contribution < -0.4 is 19.7 Å². The van der Waals surface area contributed by atoms with Gasteiger partial charge in [-0.05, 0) is 48.1 Å². The van der Waals surface area contributed by atoms with Gasteiger partial charge in [0.25, 0.3) is 5.91 Å². The highest BCUT2D eigenvalue weighted by atomic mass is 32.1. The van der Waals surface area contributed by atoms with Crippen molar-refractivity contribution in [2.75, 3.05) is 26.2 Å². The normalized spacial score (nSPS) is 15.2. The number of benzene rings is 2. The molecule has 1 amide bonds. The van der Waals surface area contributed by atoms with Gasteiger partial charge in [0.05, 0.1) is 26.5 Å². The van der Waals surface area contributed by atoms with Crippen LogP contribution in [0.1, 0.15) is 11.1 Å². The summed E-state index contributed by atoms with van der Waals surface area (Å²) in [6.45, 7) is 0.410. The van der Waals surface area contributed by atoms with Gasteiger partial charge in [-0.2, -0.15) is 0 Å². The van der Waals surface area contributed by atoms with E-state index >= 15 is 0 Å². The van der Waals surface area contributed by atoms with Crippen LogP contribution in [0.15, 0.2) is 48.2 Å². The predicted molar refractivity (Wildman–Crippen MR) is 108 cm³/mol. The monoisotopic (exact) mass is 384 g/mol. The average Bonchev–Trinajstić information content (AvgIpc) is 2.95. The summed E-state index contributed by atoms with van der Waals surface area (Å²) in [6.07, 6.45) is 1.75. The Balaban J connectivity index is 1.94. The Hall–Kier alpha value is -2.90. The van der Waals surface area contributed by atoms with Crippen molar-refractivity contribution in [1.82, 2.24) is 5.32 Å². The van der Waals surface area contributed by atoms with E-state index in [2.05, 4.69) is 5.32 Å². The highest BCUT2D eigenvalue weighted by Crippen LogP contribution is 2.31. The smallest absolute Gasteiger partial charge is 0.281 e. The number of anilines is 1. The average molecular weight is 384 g/mol. The molecule has 2 aromatic rings. The lowest BCUT2D eigenvalue weighted by molar-refractivity contribution is -0.113. The van der Waals surface area contributed by atoms with E-state index < -0.39 is 0 Å². The van der Waals surface area contributed by atoms with Crippen molar-refractivity contribution >= 4 is 35.0 Å². The minimum atomic E-state index is -0.242. The van der Waals surface area contributed by atoms with Crippen molar-refractivity contribution in [1.29, 1.82) is 0 Å². The molecule has 6 nitrogen and oxygen atoms in total. The lowest BCUT2D eigenvalue weighted by atomic mass is 10.1. The number of hydrogen-bond acceptors (Lipinski definition) is 5. The Morgan fingerprint density at radius 1 is 1.07 bits per heavy atom. The van der Waals surface area contributed by atoms with Crippen molar-refractivity contribution in [2.45, 2.75) is 6.61 Å². The summed E-state index contributed by atoms with van der Waals surface area (Å²) in [7, 11) is 4.79. The van der Waals surface area contributed by atoms with E-state index in [9.17, 15) is 4.79 Å². The van der Waals surface area contributed by atoms with Gasteiger partial charge in [0, 0.05) is 12.7 Å². The quantitative estimate of drug-likeness (QED) is 0.610. The zero-order valence-corrected chi connectivity index (χ0v) is 16.1. The van der Waals surface area contributed by atoms with E-state index in [0.29, 0.717) is 28.9 Å². The minimum Gasteiger partial charge on any atom is -0.496 e. The van der Waals surface area contributed by atoms with Crippen LogP contribution in [0.4, 0.5) is 5.69 Å². The van der Waals surface area contributed by atoms with Gasteiger partial charge in [-0.15, -0.1) is 0 Å². The predicted octanol–water partition coefficient (Wildman–Crippen LogP) is 3.11. The number of hydrogen-bond donors (Lipinski definition) is 1. The van der Waals surface area contributed by atoms with E-state index in [4.69, 9.17) is 26.4 Å². The fraction of sp³-hybridized carbons (Fsp3) is 0.200. The van der Waals surface area contributed by atoms with Crippen LogP contribution in [0.2, 0.25) is 0 Å². The number of amides is 1. The molecule has 0 atom stereocenters. The molecule has 0 spiro atoms. The van der Waals surface area contributed by atoms with E-state index in [0.717, 1.165) is 16.9 Å².